The molecule has 2 aliphatic heterocycles. The van der Waals surface area contributed by atoms with Crippen LogP contribution in [0.4, 0.5) is 11.4 Å². The van der Waals surface area contributed by atoms with Crippen molar-refractivity contribution in [1.82, 2.24) is 4.90 Å². The van der Waals surface area contributed by atoms with E-state index in [9.17, 15) is 0 Å². The fraction of sp³-hybridized carbons (Fsp3) is 0.647. The van der Waals surface area contributed by atoms with Gasteiger partial charge in [0.1, 0.15) is 0 Å². The molecule has 4 heteroatoms. The van der Waals surface area contributed by atoms with E-state index in [1.807, 2.05) is 0 Å². The summed E-state index contributed by atoms with van der Waals surface area (Å²) in [5.41, 5.74) is 2.58. The number of nitrogens with zero attached hydrogens (tertiary/aromatic N) is 2. The Morgan fingerprint density at radius 3 is 2.76 bits per heavy atom. The highest BCUT2D eigenvalue weighted by Gasteiger charge is 2.19. The zero-order chi connectivity index (χ0) is 14.5. The van der Waals surface area contributed by atoms with Crippen molar-refractivity contribution in [2.24, 2.45) is 0 Å². The molecule has 0 aromatic heterocycles. The van der Waals surface area contributed by atoms with Gasteiger partial charge in [0.15, 0.2) is 0 Å². The monoisotopic (exact) mass is 289 g/mol. The number of rotatable bonds is 4. The van der Waals surface area contributed by atoms with Crippen molar-refractivity contribution in [2.75, 3.05) is 56.7 Å². The van der Waals surface area contributed by atoms with Gasteiger partial charge in [-0.25, -0.2) is 0 Å². The van der Waals surface area contributed by atoms with Crippen molar-refractivity contribution in [3.05, 3.63) is 24.3 Å². The summed E-state index contributed by atoms with van der Waals surface area (Å²) < 4.78 is 5.46. The van der Waals surface area contributed by atoms with Crippen LogP contribution in [0.5, 0.6) is 0 Å². The van der Waals surface area contributed by atoms with Gasteiger partial charge < -0.3 is 19.9 Å². The molecule has 2 aliphatic rings. The van der Waals surface area contributed by atoms with Gasteiger partial charge in [-0.05, 0) is 38.6 Å². The number of anilines is 2. The third kappa shape index (κ3) is 3.69. The maximum absolute atomic E-state index is 5.46. The molecule has 0 spiro atoms. The Morgan fingerprint density at radius 1 is 1.14 bits per heavy atom. The van der Waals surface area contributed by atoms with Gasteiger partial charge in [0, 0.05) is 25.7 Å². The molecule has 2 heterocycles. The average molecular weight is 289 g/mol. The molecule has 1 unspecified atom stereocenters. The summed E-state index contributed by atoms with van der Waals surface area (Å²) >= 11 is 0. The lowest BCUT2D eigenvalue weighted by Gasteiger charge is -2.34. The van der Waals surface area contributed by atoms with E-state index < -0.39 is 0 Å². The SMILES string of the molecule is CN1CCCCC1CNc1ccccc1N1CCOCC1. The summed E-state index contributed by atoms with van der Waals surface area (Å²) in [5, 5.41) is 3.69. The second-order valence-electron chi connectivity index (χ2n) is 6.13. The highest BCUT2D eigenvalue weighted by Crippen LogP contribution is 2.27. The molecule has 1 N–H and O–H groups in total. The average Bonchev–Trinajstić information content (AvgIpc) is 2.55. The third-order valence-electron chi connectivity index (χ3n) is 4.71. The van der Waals surface area contributed by atoms with Gasteiger partial charge in [-0.2, -0.15) is 0 Å². The van der Waals surface area contributed by atoms with Crippen LogP contribution in [0.25, 0.3) is 0 Å². The number of para-hydroxylation sites is 2. The van der Waals surface area contributed by atoms with Crippen LogP contribution in [-0.4, -0.2) is 57.4 Å². The first kappa shape index (κ1) is 14.7. The van der Waals surface area contributed by atoms with E-state index in [0.717, 1.165) is 32.8 Å². The molecule has 3 rings (SSSR count). The minimum Gasteiger partial charge on any atom is -0.382 e. The first-order chi connectivity index (χ1) is 10.3. The van der Waals surface area contributed by atoms with Crippen LogP contribution < -0.4 is 10.2 Å². The molecule has 21 heavy (non-hydrogen) atoms. The minimum atomic E-state index is 0.663. The molecule has 4 nitrogen and oxygen atoms in total. The van der Waals surface area contributed by atoms with E-state index in [2.05, 4.69) is 46.4 Å². The van der Waals surface area contributed by atoms with Crippen molar-refractivity contribution in [3.63, 3.8) is 0 Å². The second-order valence-corrected chi connectivity index (χ2v) is 6.13. The lowest BCUT2D eigenvalue weighted by atomic mass is 10.0. The van der Waals surface area contributed by atoms with E-state index in [1.54, 1.807) is 0 Å². The topological polar surface area (TPSA) is 27.7 Å². The van der Waals surface area contributed by atoms with Gasteiger partial charge in [-0.15, -0.1) is 0 Å². The Hall–Kier alpha value is -1.26. The second kappa shape index (κ2) is 7.14. The van der Waals surface area contributed by atoms with Crippen LogP contribution in [0.1, 0.15) is 19.3 Å². The van der Waals surface area contributed by atoms with Crippen molar-refractivity contribution >= 4 is 11.4 Å². The molecule has 1 aromatic carbocycles. The van der Waals surface area contributed by atoms with Gasteiger partial charge in [0.2, 0.25) is 0 Å². The normalized spacial score (nSPS) is 24.0. The zero-order valence-electron chi connectivity index (χ0n) is 13.1. The minimum absolute atomic E-state index is 0.663. The summed E-state index contributed by atoms with van der Waals surface area (Å²) in [6, 6.07) is 9.34. The summed E-state index contributed by atoms with van der Waals surface area (Å²) in [4.78, 5) is 4.92. The summed E-state index contributed by atoms with van der Waals surface area (Å²) in [7, 11) is 2.25. The van der Waals surface area contributed by atoms with E-state index in [1.165, 1.54) is 37.2 Å². The number of ether oxygens (including phenoxy) is 1. The summed E-state index contributed by atoms with van der Waals surface area (Å²) in [5.74, 6) is 0. The van der Waals surface area contributed by atoms with Crippen LogP contribution in [0, 0.1) is 0 Å². The molecular weight excluding hydrogens is 262 g/mol. The van der Waals surface area contributed by atoms with E-state index in [0.29, 0.717) is 6.04 Å². The number of morpholine rings is 1. The number of piperidine rings is 1. The standard InChI is InChI=1S/C17H27N3O/c1-19-9-5-4-6-15(19)14-18-16-7-2-3-8-17(16)20-10-12-21-13-11-20/h2-3,7-8,15,18H,4-6,9-14H2,1H3. The fourth-order valence-corrected chi connectivity index (χ4v) is 3.33. The van der Waals surface area contributed by atoms with Gasteiger partial charge in [-0.3, -0.25) is 0 Å². The molecule has 0 saturated carbocycles. The number of benzene rings is 1. The van der Waals surface area contributed by atoms with E-state index in [-0.39, 0.29) is 0 Å². The smallest absolute Gasteiger partial charge is 0.0642 e. The molecule has 0 amide bonds. The Labute approximate surface area is 128 Å². The maximum Gasteiger partial charge on any atom is 0.0642 e. The molecule has 0 aliphatic carbocycles. The molecule has 1 aromatic rings. The first-order valence-electron chi connectivity index (χ1n) is 8.20. The molecule has 2 saturated heterocycles. The van der Waals surface area contributed by atoms with Gasteiger partial charge in [-0.1, -0.05) is 18.6 Å². The van der Waals surface area contributed by atoms with Gasteiger partial charge in [0.25, 0.3) is 0 Å². The number of likely N-dealkylation sites (N-methyl/N-ethyl adjacent to an activating group) is 1. The fourth-order valence-electron chi connectivity index (χ4n) is 3.33. The highest BCUT2D eigenvalue weighted by atomic mass is 16.5. The molecule has 0 radical (unpaired) electrons. The van der Waals surface area contributed by atoms with E-state index >= 15 is 0 Å². The molecule has 1 atom stereocenters. The third-order valence-corrected chi connectivity index (χ3v) is 4.71. The van der Waals surface area contributed by atoms with Crippen LogP contribution >= 0.6 is 0 Å². The molecule has 116 valence electrons. The Balaban J connectivity index is 1.64. The van der Waals surface area contributed by atoms with Crippen molar-refractivity contribution in [1.29, 1.82) is 0 Å². The van der Waals surface area contributed by atoms with Crippen molar-refractivity contribution in [2.45, 2.75) is 25.3 Å². The van der Waals surface area contributed by atoms with Gasteiger partial charge >= 0.3 is 0 Å². The van der Waals surface area contributed by atoms with Crippen LogP contribution in [0.3, 0.4) is 0 Å². The molecule has 0 bridgehead atoms. The molecular formula is C17H27N3O. The maximum atomic E-state index is 5.46. The largest absolute Gasteiger partial charge is 0.382 e. The van der Waals surface area contributed by atoms with Gasteiger partial charge in [0.05, 0.1) is 24.6 Å². The predicted molar refractivity (Wildman–Crippen MR) is 88.2 cm³/mol. The Morgan fingerprint density at radius 2 is 1.95 bits per heavy atom. The quantitative estimate of drug-likeness (QED) is 0.921. The van der Waals surface area contributed by atoms with Crippen LogP contribution in [0.15, 0.2) is 24.3 Å². The zero-order valence-corrected chi connectivity index (χ0v) is 13.1. The lowest BCUT2D eigenvalue weighted by Crippen LogP contribution is -2.41. The van der Waals surface area contributed by atoms with Crippen molar-refractivity contribution in [3.8, 4) is 0 Å². The number of hydrogen-bond donors (Lipinski definition) is 1. The van der Waals surface area contributed by atoms with Crippen LogP contribution in [-0.2, 0) is 4.74 Å². The van der Waals surface area contributed by atoms with Crippen molar-refractivity contribution < 1.29 is 4.74 Å². The molecule has 2 fully saturated rings. The number of hydrogen-bond acceptors (Lipinski definition) is 4. The number of likely N-dealkylation sites (tertiary alicyclic amines) is 1. The van der Waals surface area contributed by atoms with Crippen LogP contribution in [0.2, 0.25) is 0 Å². The van der Waals surface area contributed by atoms with E-state index in [4.69, 9.17) is 4.74 Å². The Bertz CT molecular complexity index is 445. The lowest BCUT2D eigenvalue weighted by molar-refractivity contribution is 0.123. The highest BCUT2D eigenvalue weighted by molar-refractivity contribution is 5.70. The summed E-state index contributed by atoms with van der Waals surface area (Å²) in [6.07, 6.45) is 4.02. The number of nitrogens with one attached hydrogen (secondary N) is 1. The first-order valence-corrected chi connectivity index (χ1v) is 8.20. The Kier molecular flexibility index (Phi) is 4.99. The predicted octanol–water partition coefficient (Wildman–Crippen LogP) is 2.42. The summed E-state index contributed by atoms with van der Waals surface area (Å²) in [6.45, 7) is 5.92.